The van der Waals surface area contributed by atoms with Gasteiger partial charge in [0.25, 0.3) is 0 Å². The van der Waals surface area contributed by atoms with E-state index in [9.17, 15) is 10.2 Å². The van der Waals surface area contributed by atoms with Crippen LogP contribution in [0.2, 0.25) is 0 Å². The molecule has 0 saturated carbocycles. The maximum absolute atomic E-state index is 12.5. The third-order valence-electron chi connectivity index (χ3n) is 8.94. The lowest BCUT2D eigenvalue weighted by Gasteiger charge is -2.26. The molecule has 0 radical (unpaired) electrons. The SMILES string of the molecule is Cc1cccc(-c2c(O)c(-c3cccc(C)c3C)c(-c3cccc(C)c3C)c(O)c2-c2cccc(C)c2C)c1C. The van der Waals surface area contributed by atoms with Gasteiger partial charge < -0.3 is 10.2 Å². The van der Waals surface area contributed by atoms with E-state index in [4.69, 9.17) is 0 Å². The molecule has 5 aromatic rings. The Kier molecular flexibility index (Phi) is 7.06. The third kappa shape index (κ3) is 4.29. The van der Waals surface area contributed by atoms with Crippen molar-refractivity contribution in [1.29, 1.82) is 0 Å². The normalized spacial score (nSPS) is 11.2. The summed E-state index contributed by atoms with van der Waals surface area (Å²) in [5.41, 5.74) is 15.2. The van der Waals surface area contributed by atoms with Crippen molar-refractivity contribution in [2.45, 2.75) is 55.4 Å². The van der Waals surface area contributed by atoms with Crippen LogP contribution >= 0.6 is 0 Å². The zero-order valence-electron chi connectivity index (χ0n) is 24.8. The molecule has 0 aliphatic rings. The summed E-state index contributed by atoms with van der Waals surface area (Å²) in [5, 5.41) is 25.1. The Hall–Kier alpha value is -4.30. The number of aryl methyl sites for hydroxylation is 4. The predicted octanol–water partition coefficient (Wildman–Crippen LogP) is 10.2. The number of phenolic OH excluding ortho intramolecular Hbond substituents is 2. The molecule has 0 unspecified atom stereocenters. The molecule has 0 aromatic heterocycles. The highest BCUT2D eigenvalue weighted by atomic mass is 16.3. The van der Waals surface area contributed by atoms with E-state index in [1.165, 1.54) is 0 Å². The summed E-state index contributed by atoms with van der Waals surface area (Å²) >= 11 is 0. The van der Waals surface area contributed by atoms with Crippen LogP contribution in [-0.4, -0.2) is 10.2 Å². The summed E-state index contributed by atoms with van der Waals surface area (Å²) < 4.78 is 0. The molecule has 0 heterocycles. The van der Waals surface area contributed by atoms with Crippen LogP contribution in [0.1, 0.15) is 44.5 Å². The Bertz CT molecular complexity index is 1530. The lowest BCUT2D eigenvalue weighted by Crippen LogP contribution is -2.01. The molecular weight excluding hydrogens is 488 g/mol. The van der Waals surface area contributed by atoms with Gasteiger partial charge in [0.05, 0.1) is 0 Å². The number of rotatable bonds is 4. The molecule has 0 aliphatic heterocycles. The third-order valence-corrected chi connectivity index (χ3v) is 8.94. The molecule has 0 spiro atoms. The molecule has 0 saturated heterocycles. The molecule has 0 aliphatic carbocycles. The van der Waals surface area contributed by atoms with Gasteiger partial charge in [0, 0.05) is 22.3 Å². The lowest BCUT2D eigenvalue weighted by atomic mass is 9.79. The molecule has 0 amide bonds. The van der Waals surface area contributed by atoms with Gasteiger partial charge in [-0.25, -0.2) is 0 Å². The maximum atomic E-state index is 12.5. The van der Waals surface area contributed by atoms with Crippen molar-refractivity contribution in [3.63, 3.8) is 0 Å². The summed E-state index contributed by atoms with van der Waals surface area (Å²) in [6.07, 6.45) is 0. The fraction of sp³-hybridized carbons (Fsp3) is 0.211. The zero-order chi connectivity index (χ0) is 28.9. The fourth-order valence-corrected chi connectivity index (χ4v) is 5.86. The second-order valence-electron chi connectivity index (χ2n) is 11.2. The molecule has 0 bridgehead atoms. The van der Waals surface area contributed by atoms with Crippen molar-refractivity contribution in [2.24, 2.45) is 0 Å². The van der Waals surface area contributed by atoms with Crippen molar-refractivity contribution in [3.8, 4) is 56.0 Å². The average Bonchev–Trinajstić information content (AvgIpc) is 2.92. The van der Waals surface area contributed by atoms with Crippen LogP contribution in [-0.2, 0) is 0 Å². The smallest absolute Gasteiger partial charge is 0.132 e. The number of hydrogen-bond acceptors (Lipinski definition) is 2. The Morgan fingerprint density at radius 2 is 0.525 bits per heavy atom. The van der Waals surface area contributed by atoms with Gasteiger partial charge in [0.15, 0.2) is 0 Å². The Morgan fingerprint density at radius 3 is 0.725 bits per heavy atom. The van der Waals surface area contributed by atoms with Gasteiger partial charge in [0.1, 0.15) is 11.5 Å². The monoisotopic (exact) mass is 526 g/mol. The Labute approximate surface area is 238 Å². The average molecular weight is 527 g/mol. The molecule has 202 valence electrons. The van der Waals surface area contributed by atoms with E-state index in [2.05, 4.69) is 104 Å². The molecule has 5 aromatic carbocycles. The summed E-state index contributed by atoms with van der Waals surface area (Å²) in [4.78, 5) is 0. The predicted molar refractivity (Wildman–Crippen MR) is 169 cm³/mol. The molecular formula is C38H38O2. The van der Waals surface area contributed by atoms with Gasteiger partial charge in [-0.15, -0.1) is 0 Å². The standard InChI is InChI=1S/C38H38O2/c1-21-13-9-17-29(25(21)5)33-34(30-18-10-14-22(2)26(30)6)38(40)36(32-20-12-16-24(4)28(32)8)35(37(33)39)31-19-11-15-23(3)27(31)7/h9-20,39-40H,1-8H3. The molecule has 5 rings (SSSR count). The topological polar surface area (TPSA) is 40.5 Å². The van der Waals surface area contributed by atoms with Crippen molar-refractivity contribution in [2.75, 3.05) is 0 Å². The van der Waals surface area contributed by atoms with Gasteiger partial charge in [-0.3, -0.25) is 0 Å². The second-order valence-corrected chi connectivity index (χ2v) is 11.2. The van der Waals surface area contributed by atoms with E-state index in [-0.39, 0.29) is 11.5 Å². The first-order chi connectivity index (χ1) is 19.0. The minimum atomic E-state index is 0.187. The Morgan fingerprint density at radius 1 is 0.325 bits per heavy atom. The van der Waals surface area contributed by atoms with Crippen molar-refractivity contribution < 1.29 is 10.2 Å². The van der Waals surface area contributed by atoms with Crippen molar-refractivity contribution in [1.82, 2.24) is 0 Å². The Balaban J connectivity index is 2.10. The number of aromatic hydroxyl groups is 2. The highest BCUT2D eigenvalue weighted by Crippen LogP contribution is 2.57. The van der Waals surface area contributed by atoms with Gasteiger partial charge in [0.2, 0.25) is 0 Å². The van der Waals surface area contributed by atoms with Gasteiger partial charge >= 0.3 is 0 Å². The largest absolute Gasteiger partial charge is 0.507 e. The van der Waals surface area contributed by atoms with E-state index in [1.807, 2.05) is 24.3 Å². The highest BCUT2D eigenvalue weighted by Gasteiger charge is 2.30. The lowest BCUT2D eigenvalue weighted by molar-refractivity contribution is 0.466. The first kappa shape index (κ1) is 27.3. The van der Waals surface area contributed by atoms with E-state index < -0.39 is 0 Å². The zero-order valence-corrected chi connectivity index (χ0v) is 24.8. The van der Waals surface area contributed by atoms with Gasteiger partial charge in [-0.1, -0.05) is 72.8 Å². The summed E-state index contributed by atoms with van der Waals surface area (Å²) in [6, 6.07) is 24.7. The maximum Gasteiger partial charge on any atom is 0.132 e. The van der Waals surface area contributed by atoms with Crippen LogP contribution in [0.15, 0.2) is 72.8 Å². The van der Waals surface area contributed by atoms with Crippen LogP contribution in [0.4, 0.5) is 0 Å². The van der Waals surface area contributed by atoms with Crippen LogP contribution in [0, 0.1) is 55.4 Å². The van der Waals surface area contributed by atoms with Crippen molar-refractivity contribution >= 4 is 0 Å². The van der Waals surface area contributed by atoms with Gasteiger partial charge in [-0.2, -0.15) is 0 Å². The van der Waals surface area contributed by atoms with Crippen LogP contribution in [0.25, 0.3) is 44.5 Å². The van der Waals surface area contributed by atoms with Gasteiger partial charge in [-0.05, 0) is 122 Å². The molecule has 40 heavy (non-hydrogen) atoms. The number of benzene rings is 5. The quantitative estimate of drug-likeness (QED) is 0.229. The van der Waals surface area contributed by atoms with E-state index >= 15 is 0 Å². The molecule has 0 atom stereocenters. The van der Waals surface area contributed by atoms with Crippen LogP contribution < -0.4 is 0 Å². The van der Waals surface area contributed by atoms with E-state index in [1.54, 1.807) is 0 Å². The fourth-order valence-electron chi connectivity index (χ4n) is 5.86. The summed E-state index contributed by atoms with van der Waals surface area (Å²) in [7, 11) is 0. The highest BCUT2D eigenvalue weighted by molar-refractivity contribution is 6.06. The minimum Gasteiger partial charge on any atom is -0.507 e. The molecule has 2 heteroatoms. The number of phenols is 2. The second kappa shape index (κ2) is 10.4. The molecule has 2 N–H and O–H groups in total. The molecule has 0 fully saturated rings. The summed E-state index contributed by atoms with van der Waals surface area (Å²) in [5.74, 6) is 0.374. The molecule has 2 nitrogen and oxygen atoms in total. The number of hydrogen-bond donors (Lipinski definition) is 2. The van der Waals surface area contributed by atoms with E-state index in [0.29, 0.717) is 22.3 Å². The van der Waals surface area contributed by atoms with Crippen LogP contribution in [0.3, 0.4) is 0 Å². The first-order valence-corrected chi connectivity index (χ1v) is 13.9. The van der Waals surface area contributed by atoms with E-state index in [0.717, 1.165) is 66.8 Å². The summed E-state index contributed by atoms with van der Waals surface area (Å²) in [6.45, 7) is 16.7. The van der Waals surface area contributed by atoms with Crippen LogP contribution in [0.5, 0.6) is 11.5 Å². The minimum absolute atomic E-state index is 0.187. The van der Waals surface area contributed by atoms with Crippen molar-refractivity contribution in [3.05, 3.63) is 117 Å². The first-order valence-electron chi connectivity index (χ1n) is 13.9.